The van der Waals surface area contributed by atoms with E-state index in [-0.39, 0.29) is 17.9 Å². The minimum absolute atomic E-state index is 0.000478. The Kier molecular flexibility index (Phi) is 5.76. The summed E-state index contributed by atoms with van der Waals surface area (Å²) < 4.78 is 5.13. The van der Waals surface area contributed by atoms with Gasteiger partial charge in [0.05, 0.1) is 11.7 Å². The first-order valence-corrected chi connectivity index (χ1v) is 9.55. The monoisotopic (exact) mass is 347 g/mol. The average molecular weight is 347 g/mol. The van der Waals surface area contributed by atoms with E-state index in [2.05, 4.69) is 10.5 Å². The van der Waals surface area contributed by atoms with Crippen LogP contribution >= 0.6 is 0 Å². The third-order valence-corrected chi connectivity index (χ3v) is 5.57. The van der Waals surface area contributed by atoms with Crippen molar-refractivity contribution in [3.05, 3.63) is 17.0 Å². The minimum atomic E-state index is -0.0482. The molecule has 1 aliphatic heterocycles. The lowest BCUT2D eigenvalue weighted by Gasteiger charge is -2.27. The summed E-state index contributed by atoms with van der Waals surface area (Å²) in [4.78, 5) is 26.7. The second-order valence-electron chi connectivity index (χ2n) is 7.46. The molecule has 2 aliphatic rings. The van der Waals surface area contributed by atoms with Crippen molar-refractivity contribution in [3.63, 3.8) is 0 Å². The summed E-state index contributed by atoms with van der Waals surface area (Å²) in [5.41, 5.74) is 1.86. The number of rotatable bonds is 5. The molecule has 0 aromatic carbocycles. The van der Waals surface area contributed by atoms with Gasteiger partial charge in [-0.2, -0.15) is 0 Å². The van der Waals surface area contributed by atoms with E-state index in [1.54, 1.807) is 0 Å². The predicted molar refractivity (Wildman–Crippen MR) is 94.0 cm³/mol. The van der Waals surface area contributed by atoms with Crippen LogP contribution in [0, 0.1) is 13.8 Å². The largest absolute Gasteiger partial charge is 0.361 e. The van der Waals surface area contributed by atoms with Gasteiger partial charge in [-0.1, -0.05) is 30.8 Å². The van der Waals surface area contributed by atoms with Gasteiger partial charge in [0.1, 0.15) is 5.76 Å². The highest BCUT2D eigenvalue weighted by Gasteiger charge is 2.35. The molecule has 6 nitrogen and oxygen atoms in total. The molecule has 1 saturated carbocycles. The van der Waals surface area contributed by atoms with Gasteiger partial charge in [-0.25, -0.2) is 0 Å². The standard InChI is InChI=1S/C19H29N3O3/c1-13-17(14(2)25-21-13)9-10-18(23)20-15-11-19(24)22(12-15)16-7-5-3-4-6-8-16/h15-16H,3-12H2,1-2H3,(H,20,23)/t15-/m0/s1. The fourth-order valence-electron chi connectivity index (χ4n) is 4.15. The normalized spacial score (nSPS) is 22.2. The lowest BCUT2D eigenvalue weighted by atomic mass is 10.1. The first kappa shape index (κ1) is 18.0. The number of aromatic nitrogens is 1. The first-order chi connectivity index (χ1) is 12.0. The minimum Gasteiger partial charge on any atom is -0.361 e. The van der Waals surface area contributed by atoms with E-state index in [9.17, 15) is 9.59 Å². The molecular formula is C19H29N3O3. The Morgan fingerprint density at radius 3 is 2.60 bits per heavy atom. The van der Waals surface area contributed by atoms with Gasteiger partial charge in [-0.15, -0.1) is 0 Å². The number of aryl methyl sites for hydroxylation is 2. The van der Waals surface area contributed by atoms with Crippen LogP contribution in [0.2, 0.25) is 0 Å². The highest BCUT2D eigenvalue weighted by Crippen LogP contribution is 2.26. The summed E-state index contributed by atoms with van der Waals surface area (Å²) in [6.07, 6.45) is 8.66. The van der Waals surface area contributed by atoms with Crippen molar-refractivity contribution in [2.24, 2.45) is 0 Å². The summed E-state index contributed by atoms with van der Waals surface area (Å²) in [6.45, 7) is 4.43. The molecule has 1 saturated heterocycles. The van der Waals surface area contributed by atoms with E-state index in [1.807, 2.05) is 18.7 Å². The SMILES string of the molecule is Cc1noc(C)c1CCC(=O)N[C@H]1CC(=O)N(C2CCCCCC2)C1. The summed E-state index contributed by atoms with van der Waals surface area (Å²) in [6, 6.07) is 0.326. The quantitative estimate of drug-likeness (QED) is 0.831. The van der Waals surface area contributed by atoms with Crippen LogP contribution in [0.5, 0.6) is 0 Å². The van der Waals surface area contributed by atoms with E-state index in [4.69, 9.17) is 4.52 Å². The maximum absolute atomic E-state index is 12.4. The molecule has 2 amide bonds. The first-order valence-electron chi connectivity index (χ1n) is 9.55. The van der Waals surface area contributed by atoms with E-state index in [0.717, 1.165) is 29.9 Å². The lowest BCUT2D eigenvalue weighted by Crippen LogP contribution is -2.40. The molecule has 2 heterocycles. The smallest absolute Gasteiger partial charge is 0.225 e. The van der Waals surface area contributed by atoms with Crippen LogP contribution in [-0.4, -0.2) is 40.5 Å². The third kappa shape index (κ3) is 4.41. The highest BCUT2D eigenvalue weighted by molar-refractivity contribution is 5.82. The Bertz CT molecular complexity index is 598. The number of amides is 2. The lowest BCUT2D eigenvalue weighted by molar-refractivity contribution is -0.129. The van der Waals surface area contributed by atoms with Crippen LogP contribution in [0.25, 0.3) is 0 Å². The van der Waals surface area contributed by atoms with Gasteiger partial charge in [0.25, 0.3) is 0 Å². The Morgan fingerprint density at radius 2 is 1.96 bits per heavy atom. The maximum Gasteiger partial charge on any atom is 0.225 e. The Labute approximate surface area is 149 Å². The molecule has 1 N–H and O–H groups in total. The predicted octanol–water partition coefficient (Wildman–Crippen LogP) is 2.66. The number of hydrogen-bond donors (Lipinski definition) is 1. The molecule has 1 atom stereocenters. The molecule has 0 radical (unpaired) electrons. The summed E-state index contributed by atoms with van der Waals surface area (Å²) in [7, 11) is 0. The zero-order valence-corrected chi connectivity index (χ0v) is 15.3. The summed E-state index contributed by atoms with van der Waals surface area (Å²) in [5.74, 6) is 0.976. The van der Waals surface area contributed by atoms with Gasteiger partial charge in [-0.05, 0) is 33.1 Å². The molecule has 0 unspecified atom stereocenters. The fourth-order valence-corrected chi connectivity index (χ4v) is 4.15. The molecule has 1 aromatic heterocycles. The summed E-state index contributed by atoms with van der Waals surface area (Å²) in [5, 5.41) is 6.96. The average Bonchev–Trinajstić information content (AvgIpc) is 2.95. The number of likely N-dealkylation sites (tertiary alicyclic amines) is 1. The van der Waals surface area contributed by atoms with Crippen molar-refractivity contribution in [1.29, 1.82) is 0 Å². The van der Waals surface area contributed by atoms with Gasteiger partial charge in [0.2, 0.25) is 11.8 Å². The molecule has 1 aliphatic carbocycles. The Hall–Kier alpha value is -1.85. The van der Waals surface area contributed by atoms with Gasteiger partial charge in [0, 0.05) is 31.0 Å². The molecule has 1 aromatic rings. The number of carbonyl (C=O) groups is 2. The van der Waals surface area contributed by atoms with Crippen LogP contribution < -0.4 is 5.32 Å². The van der Waals surface area contributed by atoms with Crippen molar-refractivity contribution in [1.82, 2.24) is 15.4 Å². The third-order valence-electron chi connectivity index (χ3n) is 5.57. The Morgan fingerprint density at radius 1 is 1.24 bits per heavy atom. The number of hydrogen-bond acceptors (Lipinski definition) is 4. The molecule has 25 heavy (non-hydrogen) atoms. The zero-order chi connectivity index (χ0) is 17.8. The van der Waals surface area contributed by atoms with Crippen molar-refractivity contribution in [2.75, 3.05) is 6.54 Å². The molecule has 2 fully saturated rings. The Balaban J connectivity index is 1.48. The van der Waals surface area contributed by atoms with E-state index in [1.165, 1.54) is 25.7 Å². The highest BCUT2D eigenvalue weighted by atomic mass is 16.5. The van der Waals surface area contributed by atoms with Crippen molar-refractivity contribution >= 4 is 11.8 Å². The van der Waals surface area contributed by atoms with Crippen LogP contribution in [0.1, 0.15) is 68.4 Å². The van der Waals surface area contributed by atoms with Gasteiger partial charge < -0.3 is 14.7 Å². The van der Waals surface area contributed by atoms with Crippen molar-refractivity contribution < 1.29 is 14.1 Å². The number of nitrogens with zero attached hydrogens (tertiary/aromatic N) is 2. The van der Waals surface area contributed by atoms with Crippen molar-refractivity contribution in [3.8, 4) is 0 Å². The maximum atomic E-state index is 12.4. The van der Waals surface area contributed by atoms with E-state index in [0.29, 0.717) is 31.8 Å². The van der Waals surface area contributed by atoms with Crippen LogP contribution in [0.3, 0.4) is 0 Å². The van der Waals surface area contributed by atoms with Crippen LogP contribution in [-0.2, 0) is 16.0 Å². The molecular weight excluding hydrogens is 318 g/mol. The van der Waals surface area contributed by atoms with Gasteiger partial charge >= 0.3 is 0 Å². The molecule has 6 heteroatoms. The van der Waals surface area contributed by atoms with Gasteiger partial charge in [-0.3, -0.25) is 9.59 Å². The number of nitrogens with one attached hydrogen (secondary N) is 1. The van der Waals surface area contributed by atoms with E-state index < -0.39 is 0 Å². The zero-order valence-electron chi connectivity index (χ0n) is 15.3. The number of carbonyl (C=O) groups excluding carboxylic acids is 2. The fraction of sp³-hybridized carbons (Fsp3) is 0.737. The van der Waals surface area contributed by atoms with Crippen molar-refractivity contribution in [2.45, 2.75) is 83.7 Å². The van der Waals surface area contributed by atoms with Crippen LogP contribution in [0.4, 0.5) is 0 Å². The molecule has 138 valence electrons. The summed E-state index contributed by atoms with van der Waals surface area (Å²) >= 11 is 0. The molecule has 3 rings (SSSR count). The van der Waals surface area contributed by atoms with Crippen LogP contribution in [0.15, 0.2) is 4.52 Å². The second kappa shape index (κ2) is 8.02. The second-order valence-corrected chi connectivity index (χ2v) is 7.46. The molecule has 0 bridgehead atoms. The van der Waals surface area contributed by atoms with E-state index >= 15 is 0 Å². The molecule has 0 spiro atoms. The van der Waals surface area contributed by atoms with Gasteiger partial charge in [0.15, 0.2) is 0 Å². The topological polar surface area (TPSA) is 75.4 Å².